The molecular formula is C17H16F2N4O3. The standard InChI is InChI=1S/C17H16F2N4O3/c1-3-24-12-6-9(4-5-11(12)25-17(18)19)14-10(7-20)15(21)26-16-13(14)8(2)22-23-16/h4-6,14,17H,3,21H2,1-2H3,(H,22,23). The van der Waals surface area contributed by atoms with Crippen LogP contribution in [0, 0.1) is 18.3 Å². The Hall–Kier alpha value is -3.28. The molecule has 3 N–H and O–H groups in total. The summed E-state index contributed by atoms with van der Waals surface area (Å²) in [6.45, 7) is 0.798. The van der Waals surface area contributed by atoms with Crippen LogP contribution >= 0.6 is 0 Å². The summed E-state index contributed by atoms with van der Waals surface area (Å²) in [6, 6.07) is 6.57. The molecule has 136 valence electrons. The molecule has 0 saturated carbocycles. The number of fused-ring (bicyclic) bond motifs is 1. The number of alkyl halides is 2. The molecule has 3 rings (SSSR count). The van der Waals surface area contributed by atoms with Gasteiger partial charge in [0.2, 0.25) is 11.8 Å². The van der Waals surface area contributed by atoms with Gasteiger partial charge in [0.1, 0.15) is 11.6 Å². The number of halogens is 2. The van der Waals surface area contributed by atoms with Crippen molar-refractivity contribution in [2.45, 2.75) is 26.4 Å². The number of ether oxygens (including phenoxy) is 3. The molecule has 1 aromatic carbocycles. The lowest BCUT2D eigenvalue weighted by molar-refractivity contribution is -0.0514. The zero-order chi connectivity index (χ0) is 18.8. The number of nitrogens with one attached hydrogen (secondary N) is 1. The highest BCUT2D eigenvalue weighted by atomic mass is 19.3. The van der Waals surface area contributed by atoms with Gasteiger partial charge in [0, 0.05) is 11.3 Å². The van der Waals surface area contributed by atoms with E-state index in [2.05, 4.69) is 21.0 Å². The lowest BCUT2D eigenvalue weighted by Crippen LogP contribution is -2.21. The van der Waals surface area contributed by atoms with Gasteiger partial charge in [-0.1, -0.05) is 6.07 Å². The van der Waals surface area contributed by atoms with Gasteiger partial charge in [-0.05, 0) is 31.5 Å². The summed E-state index contributed by atoms with van der Waals surface area (Å²) in [5.74, 6) is -0.285. The molecule has 1 aromatic heterocycles. The van der Waals surface area contributed by atoms with Crippen LogP contribution in [0.2, 0.25) is 0 Å². The summed E-state index contributed by atoms with van der Waals surface area (Å²) in [5, 5.41) is 16.4. The van der Waals surface area contributed by atoms with Crippen molar-refractivity contribution in [3.05, 3.63) is 46.5 Å². The van der Waals surface area contributed by atoms with Crippen molar-refractivity contribution >= 4 is 0 Å². The first-order chi connectivity index (χ1) is 12.5. The Morgan fingerprint density at radius 3 is 2.85 bits per heavy atom. The van der Waals surface area contributed by atoms with Crippen LogP contribution in [0.4, 0.5) is 8.78 Å². The molecule has 1 atom stereocenters. The molecule has 0 saturated heterocycles. The van der Waals surface area contributed by atoms with Crippen LogP contribution in [0.3, 0.4) is 0 Å². The summed E-state index contributed by atoms with van der Waals surface area (Å²) in [5.41, 5.74) is 8.03. The van der Waals surface area contributed by atoms with Crippen LogP contribution in [0.25, 0.3) is 0 Å². The van der Waals surface area contributed by atoms with Crippen LogP contribution in [0.15, 0.2) is 29.7 Å². The first-order valence-electron chi connectivity index (χ1n) is 7.80. The summed E-state index contributed by atoms with van der Waals surface area (Å²) in [7, 11) is 0. The zero-order valence-corrected chi connectivity index (χ0v) is 14.0. The predicted octanol–water partition coefficient (Wildman–Crippen LogP) is 2.94. The molecular weight excluding hydrogens is 346 g/mol. The number of hydrogen-bond donors (Lipinski definition) is 2. The van der Waals surface area contributed by atoms with Gasteiger partial charge in [-0.25, -0.2) is 0 Å². The Labute approximate surface area is 148 Å². The fourth-order valence-corrected chi connectivity index (χ4v) is 2.90. The third kappa shape index (κ3) is 3.01. The molecule has 26 heavy (non-hydrogen) atoms. The first kappa shape index (κ1) is 17.5. The summed E-state index contributed by atoms with van der Waals surface area (Å²) in [6.07, 6.45) is 0. The second-order valence-corrected chi connectivity index (χ2v) is 5.51. The van der Waals surface area contributed by atoms with E-state index in [0.717, 1.165) is 0 Å². The van der Waals surface area contributed by atoms with Crippen molar-refractivity contribution in [1.29, 1.82) is 5.26 Å². The maximum absolute atomic E-state index is 12.6. The van der Waals surface area contributed by atoms with Gasteiger partial charge in [-0.2, -0.15) is 14.0 Å². The fourth-order valence-electron chi connectivity index (χ4n) is 2.90. The van der Waals surface area contributed by atoms with E-state index in [0.29, 0.717) is 16.8 Å². The van der Waals surface area contributed by atoms with Crippen molar-refractivity contribution in [2.75, 3.05) is 6.61 Å². The molecule has 0 bridgehead atoms. The Kier molecular flexibility index (Phi) is 4.67. The molecule has 9 heteroatoms. The summed E-state index contributed by atoms with van der Waals surface area (Å²) < 4.78 is 40.5. The van der Waals surface area contributed by atoms with Gasteiger partial charge in [0.05, 0.1) is 12.5 Å². The lowest BCUT2D eigenvalue weighted by Gasteiger charge is -2.24. The van der Waals surface area contributed by atoms with Crippen molar-refractivity contribution in [3.63, 3.8) is 0 Å². The van der Waals surface area contributed by atoms with Crippen molar-refractivity contribution in [2.24, 2.45) is 5.73 Å². The first-order valence-corrected chi connectivity index (χ1v) is 7.80. The SMILES string of the molecule is CCOc1cc(C2C(C#N)=C(N)Oc3n[nH]c(C)c32)ccc1OC(F)F. The number of nitrogens with two attached hydrogens (primary N) is 1. The van der Waals surface area contributed by atoms with Crippen LogP contribution in [0.1, 0.15) is 29.7 Å². The van der Waals surface area contributed by atoms with Crippen molar-refractivity contribution in [3.8, 4) is 23.4 Å². The third-order valence-electron chi connectivity index (χ3n) is 3.95. The topological polar surface area (TPSA) is 106 Å². The number of H-pyrrole nitrogens is 1. The minimum atomic E-state index is -2.98. The van der Waals surface area contributed by atoms with Gasteiger partial charge in [0.25, 0.3) is 0 Å². The number of aryl methyl sites for hydroxylation is 1. The molecule has 0 amide bonds. The number of hydrogen-bond acceptors (Lipinski definition) is 6. The number of allylic oxidation sites excluding steroid dienone is 1. The maximum Gasteiger partial charge on any atom is 0.387 e. The van der Waals surface area contributed by atoms with E-state index in [1.54, 1.807) is 26.0 Å². The van der Waals surface area contributed by atoms with Crippen LogP contribution in [-0.4, -0.2) is 23.4 Å². The minimum Gasteiger partial charge on any atom is -0.490 e. The number of rotatable bonds is 5. The lowest BCUT2D eigenvalue weighted by atomic mass is 9.84. The van der Waals surface area contributed by atoms with Crippen LogP contribution in [0.5, 0.6) is 17.4 Å². The molecule has 2 aromatic rings. The Balaban J connectivity index is 2.14. The van der Waals surface area contributed by atoms with E-state index in [9.17, 15) is 14.0 Å². The number of nitriles is 1. The normalized spacial score (nSPS) is 16.1. The van der Waals surface area contributed by atoms with Gasteiger partial charge in [0.15, 0.2) is 11.5 Å². The highest BCUT2D eigenvalue weighted by Gasteiger charge is 2.34. The molecule has 0 radical (unpaired) electrons. The van der Waals surface area contributed by atoms with Gasteiger partial charge >= 0.3 is 6.61 Å². The molecule has 0 aliphatic carbocycles. The highest BCUT2D eigenvalue weighted by Crippen LogP contribution is 2.44. The van der Waals surface area contributed by atoms with Gasteiger partial charge in [-0.3, -0.25) is 5.10 Å². The molecule has 1 aliphatic rings. The maximum atomic E-state index is 12.6. The smallest absolute Gasteiger partial charge is 0.387 e. The number of benzene rings is 1. The van der Waals surface area contributed by atoms with Crippen LogP contribution < -0.4 is 19.9 Å². The average molecular weight is 362 g/mol. The molecule has 1 unspecified atom stereocenters. The van der Waals surface area contributed by atoms with Gasteiger partial charge in [-0.15, -0.1) is 5.10 Å². The molecule has 7 nitrogen and oxygen atoms in total. The fraction of sp³-hybridized carbons (Fsp3) is 0.294. The monoisotopic (exact) mass is 362 g/mol. The summed E-state index contributed by atoms with van der Waals surface area (Å²) in [4.78, 5) is 0. The second-order valence-electron chi connectivity index (χ2n) is 5.51. The molecule has 0 spiro atoms. The van der Waals surface area contributed by atoms with Crippen LogP contribution in [-0.2, 0) is 0 Å². The Bertz CT molecular complexity index is 902. The summed E-state index contributed by atoms with van der Waals surface area (Å²) >= 11 is 0. The number of nitrogens with zero attached hydrogens (tertiary/aromatic N) is 2. The average Bonchev–Trinajstić information content (AvgIpc) is 2.95. The number of aromatic nitrogens is 2. The Morgan fingerprint density at radius 2 is 2.19 bits per heavy atom. The van der Waals surface area contributed by atoms with E-state index in [4.69, 9.17) is 15.2 Å². The molecule has 2 heterocycles. The number of aromatic amines is 1. The Morgan fingerprint density at radius 1 is 1.42 bits per heavy atom. The van der Waals surface area contributed by atoms with E-state index < -0.39 is 12.5 Å². The molecule has 1 aliphatic heterocycles. The second kappa shape index (κ2) is 6.92. The van der Waals surface area contributed by atoms with Crippen molar-refractivity contribution in [1.82, 2.24) is 10.2 Å². The van der Waals surface area contributed by atoms with E-state index in [1.165, 1.54) is 6.07 Å². The largest absolute Gasteiger partial charge is 0.490 e. The zero-order valence-electron chi connectivity index (χ0n) is 14.0. The highest BCUT2D eigenvalue weighted by molar-refractivity contribution is 5.57. The minimum absolute atomic E-state index is 0.0534. The van der Waals surface area contributed by atoms with E-state index in [-0.39, 0.29) is 35.4 Å². The van der Waals surface area contributed by atoms with E-state index in [1.807, 2.05) is 0 Å². The van der Waals surface area contributed by atoms with Crippen molar-refractivity contribution < 1.29 is 23.0 Å². The molecule has 0 fully saturated rings. The predicted molar refractivity (Wildman–Crippen MR) is 86.9 cm³/mol. The van der Waals surface area contributed by atoms with Gasteiger partial charge < -0.3 is 19.9 Å². The third-order valence-corrected chi connectivity index (χ3v) is 3.95. The van der Waals surface area contributed by atoms with E-state index >= 15 is 0 Å². The quantitative estimate of drug-likeness (QED) is 0.847.